The molecule has 182 valence electrons. The zero-order chi connectivity index (χ0) is 24.2. The molecule has 1 fully saturated rings. The third-order valence-electron chi connectivity index (χ3n) is 7.47. The SMILES string of the molecule is CC=C(C=C=C1CN=C(C(C)(C)C)C1)NC(=O)C1(C(CC(C)C)CC2CN(C)C=N2)CCC1. The first-order chi connectivity index (χ1) is 15.5. The lowest BCUT2D eigenvalue weighted by Gasteiger charge is -2.47. The molecule has 2 atom stereocenters. The monoisotopic (exact) mass is 452 g/mol. The molecule has 5 heteroatoms. The van der Waals surface area contributed by atoms with Crippen LogP contribution in [0.4, 0.5) is 0 Å². The second-order valence-electron chi connectivity index (χ2n) is 11.7. The Morgan fingerprint density at radius 3 is 2.58 bits per heavy atom. The highest BCUT2D eigenvalue weighted by atomic mass is 16.2. The molecule has 3 rings (SSSR count). The average molecular weight is 453 g/mol. The van der Waals surface area contributed by atoms with E-state index in [2.05, 4.69) is 57.6 Å². The number of rotatable bonds is 8. The highest BCUT2D eigenvalue weighted by Crippen LogP contribution is 2.51. The van der Waals surface area contributed by atoms with Crippen molar-refractivity contribution in [3.8, 4) is 0 Å². The number of likely N-dealkylation sites (N-methyl/N-ethyl adjacent to an activating group) is 1. The lowest BCUT2D eigenvalue weighted by Crippen LogP contribution is -2.51. The van der Waals surface area contributed by atoms with Crippen LogP contribution in [0.5, 0.6) is 0 Å². The van der Waals surface area contributed by atoms with Crippen molar-refractivity contribution >= 4 is 18.0 Å². The number of allylic oxidation sites excluding steroid dienone is 2. The fourth-order valence-electron chi connectivity index (χ4n) is 5.32. The Kier molecular flexibility index (Phi) is 8.05. The summed E-state index contributed by atoms with van der Waals surface area (Å²) < 4.78 is 0. The van der Waals surface area contributed by atoms with Gasteiger partial charge in [0.05, 0.1) is 24.3 Å². The molecule has 0 aromatic heterocycles. The Balaban J connectivity index is 1.71. The fourth-order valence-corrected chi connectivity index (χ4v) is 5.32. The number of carbonyl (C=O) groups is 1. The van der Waals surface area contributed by atoms with Crippen LogP contribution in [-0.2, 0) is 4.79 Å². The summed E-state index contributed by atoms with van der Waals surface area (Å²) in [6.07, 6.45) is 11.9. The maximum atomic E-state index is 13.7. The molecule has 0 bridgehead atoms. The standard InChI is InChI=1S/C28H44N4O/c1-8-23(11-10-21-15-25(29-17-21)27(4,5)6)31-26(33)28(12-9-13-28)22(14-20(2)3)16-24-18-32(7)19-30-24/h8,11,19-20,22,24H,9,12-18H2,1-7H3,(H,31,33). The van der Waals surface area contributed by atoms with Gasteiger partial charge in [0.2, 0.25) is 5.91 Å². The highest BCUT2D eigenvalue weighted by molar-refractivity contribution is 5.93. The summed E-state index contributed by atoms with van der Waals surface area (Å²) >= 11 is 0. The van der Waals surface area contributed by atoms with Crippen molar-refractivity contribution in [2.75, 3.05) is 20.1 Å². The van der Waals surface area contributed by atoms with Crippen LogP contribution in [0.2, 0.25) is 0 Å². The molecule has 1 amide bonds. The molecule has 33 heavy (non-hydrogen) atoms. The van der Waals surface area contributed by atoms with E-state index in [0.29, 0.717) is 24.4 Å². The van der Waals surface area contributed by atoms with E-state index in [4.69, 9.17) is 9.98 Å². The number of hydrogen-bond acceptors (Lipinski definition) is 4. The van der Waals surface area contributed by atoms with Crippen LogP contribution in [0.15, 0.2) is 39.1 Å². The van der Waals surface area contributed by atoms with Gasteiger partial charge in [-0.2, -0.15) is 0 Å². The van der Waals surface area contributed by atoms with Crippen molar-refractivity contribution in [3.63, 3.8) is 0 Å². The molecule has 5 nitrogen and oxygen atoms in total. The van der Waals surface area contributed by atoms with Gasteiger partial charge in [0.15, 0.2) is 0 Å². The summed E-state index contributed by atoms with van der Waals surface area (Å²) in [5.41, 5.74) is 6.51. The van der Waals surface area contributed by atoms with Gasteiger partial charge >= 0.3 is 0 Å². The predicted molar refractivity (Wildman–Crippen MR) is 139 cm³/mol. The molecular formula is C28H44N4O. The molecule has 0 aromatic rings. The summed E-state index contributed by atoms with van der Waals surface area (Å²) in [4.78, 5) is 25.2. The summed E-state index contributed by atoms with van der Waals surface area (Å²) in [5, 5.41) is 3.27. The van der Waals surface area contributed by atoms with Gasteiger partial charge in [-0.1, -0.05) is 47.1 Å². The molecule has 1 saturated carbocycles. The Morgan fingerprint density at radius 1 is 1.36 bits per heavy atom. The van der Waals surface area contributed by atoms with Crippen LogP contribution in [0.3, 0.4) is 0 Å². The van der Waals surface area contributed by atoms with Crippen LogP contribution < -0.4 is 5.32 Å². The van der Waals surface area contributed by atoms with Gasteiger partial charge in [-0.25, -0.2) is 0 Å². The lowest BCUT2D eigenvalue weighted by molar-refractivity contribution is -0.141. The van der Waals surface area contributed by atoms with E-state index in [-0.39, 0.29) is 16.7 Å². The average Bonchev–Trinajstić information content (AvgIpc) is 3.32. The third kappa shape index (κ3) is 6.26. The van der Waals surface area contributed by atoms with Crippen molar-refractivity contribution in [1.82, 2.24) is 10.2 Å². The largest absolute Gasteiger partial charge is 0.364 e. The highest BCUT2D eigenvalue weighted by Gasteiger charge is 2.50. The molecular weight excluding hydrogens is 408 g/mol. The van der Waals surface area contributed by atoms with Gasteiger partial charge in [-0.05, 0) is 50.0 Å². The molecule has 0 spiro atoms. The van der Waals surface area contributed by atoms with Gasteiger partial charge < -0.3 is 10.2 Å². The third-order valence-corrected chi connectivity index (χ3v) is 7.47. The smallest absolute Gasteiger partial charge is 0.230 e. The Hall–Kier alpha value is -2.13. The number of nitrogens with zero attached hydrogens (tertiary/aromatic N) is 3. The first kappa shape index (κ1) is 25.5. The minimum absolute atomic E-state index is 0.0985. The molecule has 3 aliphatic rings. The normalized spacial score (nSPS) is 23.3. The zero-order valence-corrected chi connectivity index (χ0v) is 21.9. The minimum atomic E-state index is -0.272. The summed E-state index contributed by atoms with van der Waals surface area (Å²) in [6, 6.07) is 0.300. The van der Waals surface area contributed by atoms with E-state index >= 15 is 0 Å². The van der Waals surface area contributed by atoms with E-state index < -0.39 is 0 Å². The topological polar surface area (TPSA) is 57.1 Å². The van der Waals surface area contributed by atoms with Crippen molar-refractivity contribution in [2.24, 2.45) is 32.7 Å². The number of carbonyl (C=O) groups excluding carboxylic acids is 1. The van der Waals surface area contributed by atoms with Crippen molar-refractivity contribution in [2.45, 2.75) is 86.1 Å². The minimum Gasteiger partial charge on any atom is -0.364 e. The Bertz CT molecular complexity index is 876. The number of amides is 1. The van der Waals surface area contributed by atoms with Gasteiger partial charge in [0.25, 0.3) is 0 Å². The van der Waals surface area contributed by atoms with Crippen LogP contribution in [-0.4, -0.2) is 49.0 Å². The summed E-state index contributed by atoms with van der Waals surface area (Å²) in [5.74, 6) is 1.11. The van der Waals surface area contributed by atoms with Crippen LogP contribution in [0.25, 0.3) is 0 Å². The molecule has 2 aliphatic heterocycles. The molecule has 2 unspecified atom stereocenters. The second-order valence-corrected chi connectivity index (χ2v) is 11.7. The van der Waals surface area contributed by atoms with Gasteiger partial charge in [0, 0.05) is 42.9 Å². The van der Waals surface area contributed by atoms with Crippen LogP contribution in [0.1, 0.15) is 80.1 Å². The summed E-state index contributed by atoms with van der Waals surface area (Å²) in [7, 11) is 2.08. The number of aliphatic imine (C=N–C) groups is 2. The fraction of sp³-hybridized carbons (Fsp3) is 0.714. The lowest BCUT2D eigenvalue weighted by atomic mass is 9.57. The first-order valence-corrected chi connectivity index (χ1v) is 12.7. The first-order valence-electron chi connectivity index (χ1n) is 12.7. The van der Waals surface area contributed by atoms with Gasteiger partial charge in [-0.15, -0.1) is 5.73 Å². The van der Waals surface area contributed by atoms with Crippen molar-refractivity contribution in [1.29, 1.82) is 0 Å². The number of hydrogen-bond donors (Lipinski definition) is 1. The molecule has 0 radical (unpaired) electrons. The van der Waals surface area contributed by atoms with E-state index in [9.17, 15) is 4.79 Å². The van der Waals surface area contributed by atoms with Crippen LogP contribution >= 0.6 is 0 Å². The van der Waals surface area contributed by atoms with E-state index in [0.717, 1.165) is 50.8 Å². The van der Waals surface area contributed by atoms with Gasteiger partial charge in [-0.3, -0.25) is 14.8 Å². The quantitative estimate of drug-likeness (QED) is 0.388. The Morgan fingerprint density at radius 2 is 2.09 bits per heavy atom. The van der Waals surface area contributed by atoms with E-state index in [1.807, 2.05) is 25.4 Å². The van der Waals surface area contributed by atoms with E-state index in [1.54, 1.807) is 0 Å². The Labute approximate surface area is 201 Å². The van der Waals surface area contributed by atoms with Gasteiger partial charge in [0.1, 0.15) is 0 Å². The second kappa shape index (κ2) is 10.4. The molecule has 1 N–H and O–H groups in total. The van der Waals surface area contributed by atoms with Crippen LogP contribution in [0, 0.1) is 22.7 Å². The predicted octanol–water partition coefficient (Wildman–Crippen LogP) is 5.54. The molecule has 1 aliphatic carbocycles. The van der Waals surface area contributed by atoms with Crippen molar-refractivity contribution in [3.05, 3.63) is 29.2 Å². The maximum absolute atomic E-state index is 13.7. The molecule has 2 heterocycles. The maximum Gasteiger partial charge on any atom is 0.230 e. The van der Waals surface area contributed by atoms with Crippen molar-refractivity contribution < 1.29 is 4.79 Å². The molecule has 0 aromatic carbocycles. The molecule has 0 saturated heterocycles. The summed E-state index contributed by atoms with van der Waals surface area (Å²) in [6.45, 7) is 14.8. The zero-order valence-electron chi connectivity index (χ0n) is 21.9. The number of nitrogens with one attached hydrogen (secondary N) is 1. The van der Waals surface area contributed by atoms with E-state index in [1.165, 1.54) is 11.3 Å².